The molecule has 1 saturated heterocycles. The molecule has 16 heavy (non-hydrogen) atoms. The monoisotopic (exact) mass is 229 g/mol. The molecule has 0 atom stereocenters. The minimum atomic E-state index is -0.996. The molecular formula is C11H13F2NO2. The molecule has 1 aromatic rings. The normalized spacial score (nSPS) is 17.4. The van der Waals surface area contributed by atoms with E-state index in [9.17, 15) is 13.9 Å². The van der Waals surface area contributed by atoms with E-state index in [0.717, 1.165) is 32.0 Å². The topological polar surface area (TPSA) is 41.5 Å². The number of aromatic hydroxyl groups is 1. The summed E-state index contributed by atoms with van der Waals surface area (Å²) in [6, 6.07) is 1.63. The van der Waals surface area contributed by atoms with Gasteiger partial charge in [0.2, 0.25) is 0 Å². The fourth-order valence-corrected chi connectivity index (χ4v) is 1.73. The smallest absolute Gasteiger partial charge is 0.194 e. The van der Waals surface area contributed by atoms with Crippen molar-refractivity contribution in [3.8, 4) is 11.5 Å². The van der Waals surface area contributed by atoms with Gasteiger partial charge in [-0.25, -0.2) is 8.78 Å². The fraction of sp³-hybridized carbons (Fsp3) is 0.455. The van der Waals surface area contributed by atoms with Gasteiger partial charge in [-0.05, 0) is 25.9 Å². The minimum absolute atomic E-state index is 0.103. The summed E-state index contributed by atoms with van der Waals surface area (Å²) in [7, 11) is 0. The molecule has 3 nitrogen and oxygen atoms in total. The van der Waals surface area contributed by atoms with Crippen LogP contribution >= 0.6 is 0 Å². The highest BCUT2D eigenvalue weighted by Crippen LogP contribution is 2.31. The molecule has 0 aromatic heterocycles. The van der Waals surface area contributed by atoms with Crippen molar-refractivity contribution in [1.29, 1.82) is 0 Å². The van der Waals surface area contributed by atoms with E-state index < -0.39 is 17.4 Å². The Bertz CT molecular complexity index is 378. The molecule has 5 heteroatoms. The van der Waals surface area contributed by atoms with Gasteiger partial charge in [-0.3, -0.25) is 0 Å². The van der Waals surface area contributed by atoms with Crippen molar-refractivity contribution in [2.24, 2.45) is 0 Å². The number of ether oxygens (including phenoxy) is 1. The molecule has 0 spiro atoms. The van der Waals surface area contributed by atoms with Crippen LogP contribution in [0.25, 0.3) is 0 Å². The van der Waals surface area contributed by atoms with Gasteiger partial charge in [0.15, 0.2) is 17.3 Å². The van der Waals surface area contributed by atoms with Gasteiger partial charge in [0.05, 0.1) is 0 Å². The fourth-order valence-electron chi connectivity index (χ4n) is 1.73. The van der Waals surface area contributed by atoms with Crippen molar-refractivity contribution >= 4 is 0 Å². The van der Waals surface area contributed by atoms with Crippen molar-refractivity contribution < 1.29 is 18.6 Å². The number of piperidine rings is 1. The molecule has 0 unspecified atom stereocenters. The standard InChI is InChI=1S/C11H13F2NO2/c12-7-5-9(13)11(15)10(6-7)16-8-1-3-14-4-2-8/h5-6,8,14-15H,1-4H2. The maximum atomic E-state index is 13.0. The average molecular weight is 229 g/mol. The molecule has 0 bridgehead atoms. The lowest BCUT2D eigenvalue weighted by Gasteiger charge is -2.24. The molecule has 1 fully saturated rings. The van der Waals surface area contributed by atoms with Crippen molar-refractivity contribution in [2.75, 3.05) is 13.1 Å². The van der Waals surface area contributed by atoms with Gasteiger partial charge >= 0.3 is 0 Å². The molecule has 0 aliphatic carbocycles. The van der Waals surface area contributed by atoms with E-state index in [1.165, 1.54) is 0 Å². The van der Waals surface area contributed by atoms with Crippen LogP contribution in [0.2, 0.25) is 0 Å². The van der Waals surface area contributed by atoms with Gasteiger partial charge in [0.25, 0.3) is 0 Å². The summed E-state index contributed by atoms with van der Waals surface area (Å²) in [5.41, 5.74) is 0. The molecule has 88 valence electrons. The lowest BCUT2D eigenvalue weighted by molar-refractivity contribution is 0.155. The van der Waals surface area contributed by atoms with Crippen LogP contribution in [0.1, 0.15) is 12.8 Å². The summed E-state index contributed by atoms with van der Waals surface area (Å²) in [5.74, 6) is -2.49. The third-order valence-corrected chi connectivity index (χ3v) is 2.57. The Balaban J connectivity index is 2.13. The van der Waals surface area contributed by atoms with Crippen LogP contribution < -0.4 is 10.1 Å². The second-order valence-corrected chi connectivity index (χ2v) is 3.80. The molecular weight excluding hydrogens is 216 g/mol. The van der Waals surface area contributed by atoms with Crippen LogP contribution in [0.5, 0.6) is 11.5 Å². The highest BCUT2D eigenvalue weighted by Gasteiger charge is 2.18. The number of phenolic OH excluding ortho intramolecular Hbond substituents is 1. The van der Waals surface area contributed by atoms with Crippen LogP contribution in [0, 0.1) is 11.6 Å². The Hall–Kier alpha value is -1.36. The lowest BCUT2D eigenvalue weighted by atomic mass is 10.1. The summed E-state index contributed by atoms with van der Waals surface area (Å²) in [4.78, 5) is 0. The zero-order valence-corrected chi connectivity index (χ0v) is 8.67. The second-order valence-electron chi connectivity index (χ2n) is 3.80. The van der Waals surface area contributed by atoms with E-state index in [-0.39, 0.29) is 11.9 Å². The number of halogens is 2. The first-order valence-corrected chi connectivity index (χ1v) is 5.22. The Morgan fingerprint density at radius 2 is 1.94 bits per heavy atom. The third-order valence-electron chi connectivity index (χ3n) is 2.57. The van der Waals surface area contributed by atoms with Gasteiger partial charge in [-0.15, -0.1) is 0 Å². The van der Waals surface area contributed by atoms with Crippen LogP contribution in [-0.4, -0.2) is 24.3 Å². The summed E-state index contributed by atoms with van der Waals surface area (Å²) in [6.07, 6.45) is 1.42. The number of nitrogens with one attached hydrogen (secondary N) is 1. The van der Waals surface area contributed by atoms with Gasteiger partial charge < -0.3 is 15.2 Å². The Kier molecular flexibility index (Phi) is 3.24. The van der Waals surface area contributed by atoms with Crippen LogP contribution in [0.4, 0.5) is 8.78 Å². The summed E-state index contributed by atoms with van der Waals surface area (Å²) >= 11 is 0. The number of hydrogen-bond acceptors (Lipinski definition) is 3. The quantitative estimate of drug-likeness (QED) is 0.812. The highest BCUT2D eigenvalue weighted by molar-refractivity contribution is 5.40. The molecule has 2 rings (SSSR count). The van der Waals surface area contributed by atoms with Gasteiger partial charge in [-0.2, -0.15) is 0 Å². The zero-order valence-electron chi connectivity index (χ0n) is 8.67. The van der Waals surface area contributed by atoms with E-state index >= 15 is 0 Å². The summed E-state index contributed by atoms with van der Waals surface area (Å²) in [6.45, 7) is 1.62. The molecule has 2 N–H and O–H groups in total. The SMILES string of the molecule is Oc1c(F)cc(F)cc1OC1CCNCC1. The first kappa shape index (κ1) is 11.1. The lowest BCUT2D eigenvalue weighted by Crippen LogP contribution is -2.34. The zero-order chi connectivity index (χ0) is 11.5. The van der Waals surface area contributed by atoms with Gasteiger partial charge in [-0.1, -0.05) is 0 Å². The van der Waals surface area contributed by atoms with E-state index in [2.05, 4.69) is 5.32 Å². The average Bonchev–Trinajstić information content (AvgIpc) is 2.27. The molecule has 0 saturated carbocycles. The van der Waals surface area contributed by atoms with Gasteiger partial charge in [0.1, 0.15) is 11.9 Å². The van der Waals surface area contributed by atoms with E-state index in [1.807, 2.05) is 0 Å². The van der Waals surface area contributed by atoms with Gasteiger partial charge in [0, 0.05) is 12.1 Å². The number of benzene rings is 1. The Morgan fingerprint density at radius 3 is 2.62 bits per heavy atom. The van der Waals surface area contributed by atoms with E-state index in [1.54, 1.807) is 0 Å². The molecule has 1 aliphatic rings. The second kappa shape index (κ2) is 4.65. The van der Waals surface area contributed by atoms with E-state index in [4.69, 9.17) is 4.74 Å². The molecule has 1 aliphatic heterocycles. The van der Waals surface area contributed by atoms with Crippen LogP contribution in [0.3, 0.4) is 0 Å². The third kappa shape index (κ3) is 2.41. The maximum Gasteiger partial charge on any atom is 0.194 e. The number of rotatable bonds is 2. The predicted octanol–water partition coefficient (Wildman–Crippen LogP) is 1.80. The number of phenols is 1. The van der Waals surface area contributed by atoms with Crippen LogP contribution in [-0.2, 0) is 0 Å². The Labute approximate surface area is 92.0 Å². The molecule has 0 radical (unpaired) electrons. The maximum absolute atomic E-state index is 13.0. The molecule has 1 aromatic carbocycles. The predicted molar refractivity (Wildman–Crippen MR) is 54.5 cm³/mol. The molecule has 0 amide bonds. The first-order valence-electron chi connectivity index (χ1n) is 5.22. The van der Waals surface area contributed by atoms with Crippen molar-refractivity contribution in [2.45, 2.75) is 18.9 Å². The summed E-state index contributed by atoms with van der Waals surface area (Å²) < 4.78 is 31.3. The van der Waals surface area contributed by atoms with Crippen molar-refractivity contribution in [3.63, 3.8) is 0 Å². The van der Waals surface area contributed by atoms with E-state index in [0.29, 0.717) is 6.07 Å². The summed E-state index contributed by atoms with van der Waals surface area (Å²) in [5, 5.41) is 12.5. The first-order chi connectivity index (χ1) is 7.66. The number of hydrogen-bond donors (Lipinski definition) is 2. The van der Waals surface area contributed by atoms with Crippen molar-refractivity contribution in [3.05, 3.63) is 23.8 Å². The minimum Gasteiger partial charge on any atom is -0.502 e. The van der Waals surface area contributed by atoms with Crippen molar-refractivity contribution in [1.82, 2.24) is 5.32 Å². The molecule has 1 heterocycles. The van der Waals surface area contributed by atoms with Crippen LogP contribution in [0.15, 0.2) is 12.1 Å². The largest absolute Gasteiger partial charge is 0.502 e. The highest BCUT2D eigenvalue weighted by atomic mass is 19.1. The Morgan fingerprint density at radius 1 is 1.25 bits per heavy atom.